The molecule has 100 valence electrons. The molecule has 0 aliphatic carbocycles. The van der Waals surface area contributed by atoms with Gasteiger partial charge in [-0.3, -0.25) is 0 Å². The Balaban J connectivity index is 2.00. The van der Waals surface area contributed by atoms with Crippen LogP contribution in [0.5, 0.6) is 0 Å². The molecule has 3 aromatic carbocycles. The Kier molecular flexibility index (Phi) is 3.77. The minimum absolute atomic E-state index is 0.559. The van der Waals surface area contributed by atoms with Crippen molar-refractivity contribution in [2.24, 2.45) is 0 Å². The highest BCUT2D eigenvalue weighted by molar-refractivity contribution is 5.98. The van der Waals surface area contributed by atoms with Gasteiger partial charge in [-0.25, -0.2) is 4.79 Å². The Morgan fingerprint density at radius 3 is 2.33 bits per heavy atom. The van der Waals surface area contributed by atoms with Crippen molar-refractivity contribution in [2.75, 3.05) is 0 Å². The van der Waals surface area contributed by atoms with Crippen LogP contribution in [0.15, 0.2) is 78.9 Å². The van der Waals surface area contributed by atoms with Crippen LogP contribution in [-0.4, -0.2) is 5.94 Å². The van der Waals surface area contributed by atoms with E-state index < -0.39 is 0 Å². The quantitative estimate of drug-likeness (QED) is 0.495. The minimum atomic E-state index is 0.559. The normalized spacial score (nSPS) is 10.7. The molecule has 0 atom stereocenters. The van der Waals surface area contributed by atoms with Crippen molar-refractivity contribution in [1.82, 2.24) is 0 Å². The molecule has 0 fully saturated rings. The first-order chi connectivity index (χ1) is 10.4. The van der Waals surface area contributed by atoms with Crippen molar-refractivity contribution >= 4 is 28.4 Å². The number of hydrogen-bond donors (Lipinski definition) is 0. The number of allylic oxidation sites excluding steroid dienone is 2. The number of carbonyl (C=O) groups excluding carboxylic acids is 1. The molecular weight excluding hydrogens is 256 g/mol. The average molecular weight is 270 g/mol. The smallest absolute Gasteiger partial charge is 0.133 e. The van der Waals surface area contributed by atoms with Gasteiger partial charge in [0, 0.05) is 0 Å². The van der Waals surface area contributed by atoms with Crippen LogP contribution in [-0.2, 0) is 4.79 Å². The molecule has 0 saturated carbocycles. The van der Waals surface area contributed by atoms with Gasteiger partial charge in [0.1, 0.15) is 5.94 Å². The Morgan fingerprint density at radius 2 is 1.52 bits per heavy atom. The highest BCUT2D eigenvalue weighted by atomic mass is 16.1. The lowest BCUT2D eigenvalue weighted by Crippen LogP contribution is -1.82. The van der Waals surface area contributed by atoms with Gasteiger partial charge in [0.05, 0.1) is 5.57 Å². The van der Waals surface area contributed by atoms with Crippen LogP contribution < -0.4 is 0 Å². The molecule has 0 unspecified atom stereocenters. The number of benzene rings is 3. The van der Waals surface area contributed by atoms with E-state index in [4.69, 9.17) is 0 Å². The van der Waals surface area contributed by atoms with E-state index in [9.17, 15) is 4.79 Å². The summed E-state index contributed by atoms with van der Waals surface area (Å²) in [6, 6.07) is 24.0. The molecule has 0 spiro atoms. The number of rotatable bonds is 3. The molecule has 0 aliphatic rings. The van der Waals surface area contributed by atoms with E-state index in [0.29, 0.717) is 5.57 Å². The molecule has 21 heavy (non-hydrogen) atoms. The van der Waals surface area contributed by atoms with Gasteiger partial charge in [-0.1, -0.05) is 78.9 Å². The maximum atomic E-state index is 11.2. The van der Waals surface area contributed by atoms with E-state index in [-0.39, 0.29) is 0 Å². The minimum Gasteiger partial charge on any atom is -0.233 e. The number of hydrogen-bond acceptors (Lipinski definition) is 1. The van der Waals surface area contributed by atoms with E-state index in [0.717, 1.165) is 11.1 Å². The van der Waals surface area contributed by atoms with E-state index in [1.54, 1.807) is 0 Å². The molecule has 3 aromatic rings. The summed E-state index contributed by atoms with van der Waals surface area (Å²) in [5.41, 5.74) is 2.53. The van der Waals surface area contributed by atoms with Crippen LogP contribution in [0.4, 0.5) is 0 Å². The third kappa shape index (κ3) is 2.84. The first-order valence-corrected chi connectivity index (χ1v) is 6.85. The van der Waals surface area contributed by atoms with Gasteiger partial charge in [-0.15, -0.1) is 0 Å². The Morgan fingerprint density at radius 1 is 0.810 bits per heavy atom. The standard InChI is InChI=1S/C20H14O/c21-15-19(16-7-2-1-3-8-16)14-13-18-11-6-10-17-9-4-5-12-20(17)18/h1-14H/b14-13+. The lowest BCUT2D eigenvalue weighted by Gasteiger charge is -2.02. The second-order valence-electron chi connectivity index (χ2n) is 4.78. The molecule has 3 rings (SSSR count). The van der Waals surface area contributed by atoms with E-state index in [1.165, 1.54) is 10.8 Å². The largest absolute Gasteiger partial charge is 0.233 e. The summed E-state index contributed by atoms with van der Waals surface area (Å²) < 4.78 is 0. The van der Waals surface area contributed by atoms with Crippen LogP contribution in [0.25, 0.3) is 22.4 Å². The zero-order valence-corrected chi connectivity index (χ0v) is 11.5. The second-order valence-corrected chi connectivity index (χ2v) is 4.78. The van der Waals surface area contributed by atoms with Crippen LogP contribution in [0.2, 0.25) is 0 Å². The third-order valence-electron chi connectivity index (χ3n) is 3.45. The summed E-state index contributed by atoms with van der Waals surface area (Å²) in [6.45, 7) is 0. The maximum absolute atomic E-state index is 11.2. The fourth-order valence-corrected chi connectivity index (χ4v) is 2.38. The van der Waals surface area contributed by atoms with Crippen molar-refractivity contribution in [1.29, 1.82) is 0 Å². The fraction of sp³-hybridized carbons (Fsp3) is 0. The van der Waals surface area contributed by atoms with Gasteiger partial charge in [-0.05, 0) is 28.0 Å². The first-order valence-electron chi connectivity index (χ1n) is 6.85. The lowest BCUT2D eigenvalue weighted by molar-refractivity contribution is 0.569. The molecule has 0 bridgehead atoms. The van der Waals surface area contributed by atoms with E-state index in [2.05, 4.69) is 18.2 Å². The van der Waals surface area contributed by atoms with Gasteiger partial charge in [0.15, 0.2) is 0 Å². The molecule has 0 heterocycles. The van der Waals surface area contributed by atoms with E-state index in [1.807, 2.05) is 72.7 Å². The van der Waals surface area contributed by atoms with Gasteiger partial charge in [-0.2, -0.15) is 0 Å². The topological polar surface area (TPSA) is 17.1 Å². The highest BCUT2D eigenvalue weighted by Crippen LogP contribution is 2.21. The summed E-state index contributed by atoms with van der Waals surface area (Å²) in [6.07, 6.45) is 3.79. The highest BCUT2D eigenvalue weighted by Gasteiger charge is 1.99. The van der Waals surface area contributed by atoms with Gasteiger partial charge >= 0.3 is 0 Å². The fourth-order valence-electron chi connectivity index (χ4n) is 2.38. The molecule has 0 saturated heterocycles. The summed E-state index contributed by atoms with van der Waals surface area (Å²) in [5.74, 6) is 2.02. The predicted molar refractivity (Wildman–Crippen MR) is 88.5 cm³/mol. The third-order valence-corrected chi connectivity index (χ3v) is 3.45. The number of fused-ring (bicyclic) bond motifs is 1. The van der Waals surface area contributed by atoms with Gasteiger partial charge in [0.2, 0.25) is 0 Å². The second kappa shape index (κ2) is 6.04. The monoisotopic (exact) mass is 270 g/mol. The Bertz CT molecular complexity index is 833. The van der Waals surface area contributed by atoms with Crippen molar-refractivity contribution < 1.29 is 4.79 Å². The lowest BCUT2D eigenvalue weighted by atomic mass is 10.0. The van der Waals surface area contributed by atoms with Crippen molar-refractivity contribution in [2.45, 2.75) is 0 Å². The van der Waals surface area contributed by atoms with Crippen LogP contribution >= 0.6 is 0 Å². The Hall–Kier alpha value is -2.89. The average Bonchev–Trinajstić information content (AvgIpc) is 2.56. The SMILES string of the molecule is O=C=C(/C=C/c1cccc2ccccc12)c1ccccc1. The van der Waals surface area contributed by atoms with Crippen molar-refractivity contribution in [3.8, 4) is 0 Å². The van der Waals surface area contributed by atoms with Gasteiger partial charge < -0.3 is 0 Å². The summed E-state index contributed by atoms with van der Waals surface area (Å²) in [7, 11) is 0. The maximum Gasteiger partial charge on any atom is 0.133 e. The molecular formula is C20H14O. The first kappa shape index (κ1) is 13.1. The predicted octanol–water partition coefficient (Wildman–Crippen LogP) is 4.77. The van der Waals surface area contributed by atoms with Crippen LogP contribution in [0.3, 0.4) is 0 Å². The zero-order valence-electron chi connectivity index (χ0n) is 11.5. The zero-order chi connectivity index (χ0) is 14.5. The summed E-state index contributed by atoms with van der Waals surface area (Å²) >= 11 is 0. The molecule has 1 nitrogen and oxygen atoms in total. The van der Waals surface area contributed by atoms with Crippen LogP contribution in [0.1, 0.15) is 11.1 Å². The Labute approximate surface area is 123 Å². The molecule has 0 radical (unpaired) electrons. The molecule has 0 N–H and O–H groups in total. The molecule has 0 aliphatic heterocycles. The van der Waals surface area contributed by atoms with Crippen molar-refractivity contribution in [3.63, 3.8) is 0 Å². The summed E-state index contributed by atoms with van der Waals surface area (Å²) in [4.78, 5) is 11.2. The van der Waals surface area contributed by atoms with Gasteiger partial charge in [0.25, 0.3) is 0 Å². The summed E-state index contributed by atoms with van der Waals surface area (Å²) in [5, 5.41) is 2.37. The van der Waals surface area contributed by atoms with E-state index >= 15 is 0 Å². The van der Waals surface area contributed by atoms with Crippen molar-refractivity contribution in [3.05, 3.63) is 90.0 Å². The molecule has 1 heteroatoms. The molecule has 0 aromatic heterocycles. The van der Waals surface area contributed by atoms with Crippen LogP contribution in [0, 0.1) is 0 Å². The molecule has 0 amide bonds.